The van der Waals surface area contributed by atoms with Crippen LogP contribution in [0.3, 0.4) is 0 Å². The van der Waals surface area contributed by atoms with Crippen LogP contribution in [0, 0.1) is 5.82 Å². The Morgan fingerprint density at radius 1 is 1.20 bits per heavy atom. The SMILES string of the molecule is O=S(=O)(NCc1ccccc1Cl)c1ccc(Br)c(F)c1. The van der Waals surface area contributed by atoms with Crippen LogP contribution in [-0.2, 0) is 16.6 Å². The van der Waals surface area contributed by atoms with Crippen LogP contribution < -0.4 is 4.72 Å². The summed E-state index contributed by atoms with van der Waals surface area (Å²) >= 11 is 8.92. The summed E-state index contributed by atoms with van der Waals surface area (Å²) in [6.07, 6.45) is 0. The van der Waals surface area contributed by atoms with Crippen molar-refractivity contribution in [2.24, 2.45) is 0 Å². The van der Waals surface area contributed by atoms with E-state index in [1.165, 1.54) is 12.1 Å². The topological polar surface area (TPSA) is 46.2 Å². The third-order valence-electron chi connectivity index (χ3n) is 2.61. The van der Waals surface area contributed by atoms with Gasteiger partial charge in [0.05, 0.1) is 9.37 Å². The van der Waals surface area contributed by atoms with Crippen LogP contribution in [0.2, 0.25) is 5.02 Å². The summed E-state index contributed by atoms with van der Waals surface area (Å²) in [4.78, 5) is -0.134. The monoisotopic (exact) mass is 377 g/mol. The molecule has 0 spiro atoms. The van der Waals surface area contributed by atoms with Crippen molar-refractivity contribution in [1.82, 2.24) is 4.72 Å². The highest BCUT2D eigenvalue weighted by molar-refractivity contribution is 9.10. The lowest BCUT2D eigenvalue weighted by molar-refractivity contribution is 0.576. The van der Waals surface area contributed by atoms with Crippen LogP contribution in [-0.4, -0.2) is 8.42 Å². The van der Waals surface area contributed by atoms with Gasteiger partial charge >= 0.3 is 0 Å². The Morgan fingerprint density at radius 2 is 1.90 bits per heavy atom. The van der Waals surface area contributed by atoms with E-state index in [0.717, 1.165) is 6.07 Å². The molecule has 0 saturated carbocycles. The molecule has 0 aromatic heterocycles. The van der Waals surface area contributed by atoms with Gasteiger partial charge in [0.2, 0.25) is 10.0 Å². The van der Waals surface area contributed by atoms with E-state index < -0.39 is 15.8 Å². The van der Waals surface area contributed by atoms with Crippen molar-refractivity contribution in [1.29, 1.82) is 0 Å². The van der Waals surface area contributed by atoms with Crippen molar-refractivity contribution < 1.29 is 12.8 Å². The van der Waals surface area contributed by atoms with E-state index in [9.17, 15) is 12.8 Å². The van der Waals surface area contributed by atoms with Gasteiger partial charge in [0.1, 0.15) is 5.82 Å². The number of hydrogen-bond acceptors (Lipinski definition) is 2. The van der Waals surface area contributed by atoms with Gasteiger partial charge in [-0.15, -0.1) is 0 Å². The lowest BCUT2D eigenvalue weighted by Crippen LogP contribution is -2.23. The van der Waals surface area contributed by atoms with Crippen LogP contribution in [0.15, 0.2) is 51.8 Å². The Labute approximate surface area is 130 Å². The molecule has 0 radical (unpaired) electrons. The highest BCUT2D eigenvalue weighted by Crippen LogP contribution is 2.20. The van der Waals surface area contributed by atoms with E-state index in [-0.39, 0.29) is 15.9 Å². The Bertz CT molecular complexity index is 737. The zero-order valence-electron chi connectivity index (χ0n) is 10.1. The molecule has 0 bridgehead atoms. The molecule has 0 atom stereocenters. The summed E-state index contributed by atoms with van der Waals surface area (Å²) in [5, 5.41) is 0.470. The molecule has 20 heavy (non-hydrogen) atoms. The van der Waals surface area contributed by atoms with Gasteiger partial charge in [0.25, 0.3) is 0 Å². The van der Waals surface area contributed by atoms with Crippen molar-refractivity contribution in [2.45, 2.75) is 11.4 Å². The van der Waals surface area contributed by atoms with Gasteiger partial charge in [-0.2, -0.15) is 0 Å². The largest absolute Gasteiger partial charge is 0.240 e. The first-order valence-corrected chi connectivity index (χ1v) is 8.24. The first-order chi connectivity index (χ1) is 9.40. The van der Waals surface area contributed by atoms with Gasteiger partial charge in [-0.3, -0.25) is 0 Å². The minimum atomic E-state index is -3.78. The maximum absolute atomic E-state index is 13.4. The molecule has 2 aromatic carbocycles. The molecule has 0 heterocycles. The summed E-state index contributed by atoms with van der Waals surface area (Å²) in [5.41, 5.74) is 0.648. The molecule has 2 rings (SSSR count). The second-order valence-electron chi connectivity index (χ2n) is 3.99. The molecule has 0 amide bonds. The number of rotatable bonds is 4. The molecule has 0 aliphatic carbocycles. The van der Waals surface area contributed by atoms with Crippen molar-refractivity contribution in [2.75, 3.05) is 0 Å². The van der Waals surface area contributed by atoms with Crippen LogP contribution in [0.1, 0.15) is 5.56 Å². The average Bonchev–Trinajstić information content (AvgIpc) is 2.41. The molecule has 7 heteroatoms. The highest BCUT2D eigenvalue weighted by atomic mass is 79.9. The number of sulfonamides is 1. The van der Waals surface area contributed by atoms with Crippen LogP contribution in [0.4, 0.5) is 4.39 Å². The fraction of sp³-hybridized carbons (Fsp3) is 0.0769. The first kappa shape index (κ1) is 15.4. The van der Waals surface area contributed by atoms with E-state index in [4.69, 9.17) is 11.6 Å². The van der Waals surface area contributed by atoms with E-state index in [1.807, 2.05) is 0 Å². The molecule has 2 aromatic rings. The molecule has 0 fully saturated rings. The molecule has 106 valence electrons. The lowest BCUT2D eigenvalue weighted by atomic mass is 10.2. The maximum Gasteiger partial charge on any atom is 0.240 e. The second kappa shape index (κ2) is 6.22. The fourth-order valence-corrected chi connectivity index (χ4v) is 3.01. The Hall–Kier alpha value is -0.950. The molecule has 0 aliphatic heterocycles. The van der Waals surface area contributed by atoms with Crippen molar-refractivity contribution in [3.8, 4) is 0 Å². The number of halogens is 3. The van der Waals surface area contributed by atoms with Crippen molar-refractivity contribution in [3.63, 3.8) is 0 Å². The summed E-state index contributed by atoms with van der Waals surface area (Å²) in [7, 11) is -3.78. The van der Waals surface area contributed by atoms with Gasteiger partial charge in [-0.05, 0) is 45.8 Å². The third kappa shape index (κ3) is 3.58. The molecule has 0 aliphatic rings. The summed E-state index contributed by atoms with van der Waals surface area (Å²) < 4.78 is 40.1. The minimum Gasteiger partial charge on any atom is -0.207 e. The molecule has 3 nitrogen and oxygen atoms in total. The Morgan fingerprint density at radius 3 is 2.55 bits per heavy atom. The molecule has 0 unspecified atom stereocenters. The number of nitrogens with one attached hydrogen (secondary N) is 1. The Kier molecular flexibility index (Phi) is 4.80. The van der Waals surface area contributed by atoms with Gasteiger partial charge in [-0.1, -0.05) is 29.8 Å². The average molecular weight is 379 g/mol. The quantitative estimate of drug-likeness (QED) is 0.881. The van der Waals surface area contributed by atoms with Crippen molar-refractivity contribution >= 4 is 37.6 Å². The number of benzene rings is 2. The van der Waals surface area contributed by atoms with E-state index in [2.05, 4.69) is 20.7 Å². The highest BCUT2D eigenvalue weighted by Gasteiger charge is 2.16. The Balaban J connectivity index is 2.19. The second-order valence-corrected chi connectivity index (χ2v) is 7.02. The predicted molar refractivity (Wildman–Crippen MR) is 79.6 cm³/mol. The molecular formula is C13H10BrClFNO2S. The smallest absolute Gasteiger partial charge is 0.207 e. The first-order valence-electron chi connectivity index (χ1n) is 5.58. The van der Waals surface area contributed by atoms with E-state index in [1.54, 1.807) is 24.3 Å². The van der Waals surface area contributed by atoms with Crippen molar-refractivity contribution in [3.05, 3.63) is 63.3 Å². The number of hydrogen-bond donors (Lipinski definition) is 1. The van der Waals surface area contributed by atoms with Crippen LogP contribution in [0.25, 0.3) is 0 Å². The third-order valence-corrected chi connectivity index (χ3v) is 5.02. The zero-order chi connectivity index (χ0) is 14.8. The predicted octanol–water partition coefficient (Wildman–Crippen LogP) is 3.72. The molecule has 1 N–H and O–H groups in total. The van der Waals surface area contributed by atoms with Crippen LogP contribution >= 0.6 is 27.5 Å². The summed E-state index contributed by atoms with van der Waals surface area (Å²) in [5.74, 6) is -0.634. The van der Waals surface area contributed by atoms with Gasteiger partial charge in [0, 0.05) is 11.6 Å². The van der Waals surface area contributed by atoms with E-state index >= 15 is 0 Å². The fourth-order valence-electron chi connectivity index (χ4n) is 1.54. The molecular weight excluding hydrogens is 369 g/mol. The maximum atomic E-state index is 13.4. The van der Waals surface area contributed by atoms with E-state index in [0.29, 0.717) is 10.6 Å². The summed E-state index contributed by atoms with van der Waals surface area (Å²) in [6.45, 7) is 0.0414. The zero-order valence-corrected chi connectivity index (χ0v) is 13.3. The van der Waals surface area contributed by atoms with Gasteiger partial charge < -0.3 is 0 Å². The van der Waals surface area contributed by atoms with Gasteiger partial charge in [0.15, 0.2) is 0 Å². The summed E-state index contributed by atoms with van der Waals surface area (Å²) in [6, 6.07) is 10.5. The molecule has 0 saturated heterocycles. The lowest BCUT2D eigenvalue weighted by Gasteiger charge is -2.08. The van der Waals surface area contributed by atoms with Gasteiger partial charge in [-0.25, -0.2) is 17.5 Å². The normalized spacial score (nSPS) is 11.6. The minimum absolute atomic E-state index is 0.0414. The van der Waals surface area contributed by atoms with Crippen LogP contribution in [0.5, 0.6) is 0 Å². The standard InChI is InChI=1S/C13H10BrClFNO2S/c14-11-6-5-10(7-13(11)16)20(18,19)17-8-9-3-1-2-4-12(9)15/h1-7,17H,8H2.